The highest BCUT2D eigenvalue weighted by molar-refractivity contribution is 6.12. The van der Waals surface area contributed by atoms with Gasteiger partial charge >= 0.3 is 0 Å². The van der Waals surface area contributed by atoms with Crippen molar-refractivity contribution in [1.82, 2.24) is 4.98 Å². The quantitative estimate of drug-likeness (QED) is 0.793. The van der Waals surface area contributed by atoms with Crippen LogP contribution in [0.4, 0.5) is 0 Å². The second kappa shape index (κ2) is 5.75. The van der Waals surface area contributed by atoms with E-state index in [4.69, 9.17) is 4.98 Å². The number of nitrogens with zero attached hydrogens (tertiary/aromatic N) is 1. The number of Topliss-reactive ketones (excluding diaryl/α,β-unsaturated/α-hetero) is 2. The Bertz CT molecular complexity index is 914. The minimum atomic E-state index is -0.133. The fourth-order valence-corrected chi connectivity index (χ4v) is 4.54. The van der Waals surface area contributed by atoms with E-state index >= 15 is 0 Å². The maximum Gasteiger partial charge on any atom is 0.165 e. The van der Waals surface area contributed by atoms with E-state index in [9.17, 15) is 14.7 Å². The Morgan fingerprint density at radius 2 is 1.19 bits per heavy atom. The number of hydrogen-bond donors (Lipinski definition) is 1. The number of ketones is 2. The first-order chi connectivity index (χ1) is 12.6. The van der Waals surface area contributed by atoms with Gasteiger partial charge < -0.3 is 5.11 Å². The highest BCUT2D eigenvalue weighted by Gasteiger charge is 2.40. The summed E-state index contributed by atoms with van der Waals surface area (Å²) in [4.78, 5) is 31.0. The van der Waals surface area contributed by atoms with E-state index in [1.807, 2.05) is 0 Å². The molecule has 0 spiro atoms. The van der Waals surface area contributed by atoms with E-state index in [1.54, 1.807) is 24.3 Å². The van der Waals surface area contributed by atoms with Gasteiger partial charge in [0.15, 0.2) is 11.6 Å². The molecule has 4 heteroatoms. The van der Waals surface area contributed by atoms with Crippen LogP contribution >= 0.6 is 0 Å². The van der Waals surface area contributed by atoms with E-state index in [1.165, 1.54) is 0 Å². The summed E-state index contributed by atoms with van der Waals surface area (Å²) in [7, 11) is 0. The van der Waals surface area contributed by atoms with Crippen LogP contribution in [0.5, 0.6) is 5.75 Å². The van der Waals surface area contributed by atoms with E-state index in [2.05, 4.69) is 27.7 Å². The zero-order chi connectivity index (χ0) is 19.6. The van der Waals surface area contributed by atoms with Gasteiger partial charge in [0, 0.05) is 29.5 Å². The van der Waals surface area contributed by atoms with Gasteiger partial charge in [-0.05, 0) is 41.4 Å². The molecule has 4 rings (SSSR count). The molecule has 0 unspecified atom stereocenters. The van der Waals surface area contributed by atoms with Gasteiger partial charge in [-0.25, -0.2) is 0 Å². The number of benzene rings is 1. The largest absolute Gasteiger partial charge is 0.508 e. The van der Waals surface area contributed by atoms with E-state index in [0.717, 1.165) is 35.4 Å². The smallest absolute Gasteiger partial charge is 0.165 e. The third kappa shape index (κ3) is 3.07. The van der Waals surface area contributed by atoms with E-state index in [0.29, 0.717) is 24.0 Å². The molecular weight excluding hydrogens is 338 g/mol. The number of rotatable bonds is 1. The van der Waals surface area contributed by atoms with Crippen molar-refractivity contribution in [3.8, 4) is 16.9 Å². The van der Waals surface area contributed by atoms with Gasteiger partial charge in [-0.3, -0.25) is 14.6 Å². The zero-order valence-electron chi connectivity index (χ0n) is 16.3. The second-order valence-corrected chi connectivity index (χ2v) is 9.56. The van der Waals surface area contributed by atoms with Crippen LogP contribution < -0.4 is 0 Å². The van der Waals surface area contributed by atoms with Gasteiger partial charge in [0.1, 0.15) is 5.75 Å². The fourth-order valence-electron chi connectivity index (χ4n) is 4.54. The molecule has 0 saturated carbocycles. The first kappa shape index (κ1) is 17.9. The Morgan fingerprint density at radius 3 is 1.63 bits per heavy atom. The minimum Gasteiger partial charge on any atom is -0.508 e. The summed E-state index contributed by atoms with van der Waals surface area (Å²) in [5, 5.41) is 9.68. The lowest BCUT2D eigenvalue weighted by atomic mass is 9.69. The highest BCUT2D eigenvalue weighted by atomic mass is 16.3. The summed E-state index contributed by atoms with van der Waals surface area (Å²) in [6, 6.07) is 6.77. The minimum absolute atomic E-state index is 0.0530. The summed E-state index contributed by atoms with van der Waals surface area (Å²) in [5.41, 5.74) is 4.07. The Hall–Kier alpha value is -2.49. The fraction of sp³-hybridized carbons (Fsp3) is 0.435. The van der Waals surface area contributed by atoms with Crippen LogP contribution in [0, 0.1) is 10.8 Å². The van der Waals surface area contributed by atoms with Crippen molar-refractivity contribution in [3.63, 3.8) is 0 Å². The van der Waals surface area contributed by atoms with Crippen molar-refractivity contribution < 1.29 is 14.7 Å². The number of fused-ring (bicyclic) bond motifs is 2. The maximum absolute atomic E-state index is 13.1. The first-order valence-corrected chi connectivity index (χ1v) is 9.48. The molecule has 27 heavy (non-hydrogen) atoms. The number of hydrogen-bond acceptors (Lipinski definition) is 4. The molecule has 1 heterocycles. The second-order valence-electron chi connectivity index (χ2n) is 9.56. The van der Waals surface area contributed by atoms with Crippen molar-refractivity contribution in [2.45, 2.75) is 53.4 Å². The van der Waals surface area contributed by atoms with E-state index in [-0.39, 0.29) is 28.1 Å². The molecule has 140 valence electrons. The van der Waals surface area contributed by atoms with Gasteiger partial charge in [0.05, 0.1) is 11.4 Å². The first-order valence-electron chi connectivity index (χ1n) is 9.48. The SMILES string of the molecule is CC1(C)CC(=O)c2c(nc3c(c2-c2ccc(O)cc2)C(=O)CC(C)(C)C3)C1. The van der Waals surface area contributed by atoms with Crippen molar-refractivity contribution in [2.24, 2.45) is 10.8 Å². The highest BCUT2D eigenvalue weighted by Crippen LogP contribution is 2.44. The molecule has 4 nitrogen and oxygen atoms in total. The summed E-state index contributed by atoms with van der Waals surface area (Å²) < 4.78 is 0. The van der Waals surface area contributed by atoms with Crippen LogP contribution in [-0.2, 0) is 12.8 Å². The van der Waals surface area contributed by atoms with Crippen LogP contribution in [0.2, 0.25) is 0 Å². The van der Waals surface area contributed by atoms with Gasteiger partial charge in [0.2, 0.25) is 0 Å². The zero-order valence-corrected chi connectivity index (χ0v) is 16.3. The number of phenolic OH excluding ortho intramolecular Hbond substituents is 1. The summed E-state index contributed by atoms with van der Waals surface area (Å²) in [6.45, 7) is 8.35. The molecule has 2 aliphatic carbocycles. The van der Waals surface area contributed by atoms with Crippen molar-refractivity contribution in [3.05, 3.63) is 46.8 Å². The Kier molecular flexibility index (Phi) is 3.81. The lowest BCUT2D eigenvalue weighted by Gasteiger charge is -2.35. The monoisotopic (exact) mass is 363 g/mol. The molecule has 0 amide bonds. The van der Waals surface area contributed by atoms with Crippen LogP contribution in [0.25, 0.3) is 11.1 Å². The third-order valence-corrected chi connectivity index (χ3v) is 5.63. The Balaban J connectivity index is 2.05. The molecule has 0 fully saturated rings. The van der Waals surface area contributed by atoms with Gasteiger partial charge in [-0.15, -0.1) is 0 Å². The van der Waals surface area contributed by atoms with Crippen LogP contribution in [-0.4, -0.2) is 21.7 Å². The Morgan fingerprint density at radius 1 is 0.741 bits per heavy atom. The molecule has 1 aromatic heterocycles. The average molecular weight is 363 g/mol. The number of phenols is 1. The number of aromatic hydroxyl groups is 1. The predicted octanol–water partition coefficient (Wildman–Crippen LogP) is 4.76. The molecule has 0 saturated heterocycles. The number of pyridine rings is 1. The van der Waals surface area contributed by atoms with Crippen LogP contribution in [0.3, 0.4) is 0 Å². The molecule has 0 radical (unpaired) electrons. The lowest BCUT2D eigenvalue weighted by Crippen LogP contribution is -2.33. The molecule has 1 N–H and O–H groups in total. The van der Waals surface area contributed by atoms with Gasteiger partial charge in [-0.2, -0.15) is 0 Å². The molecule has 0 aliphatic heterocycles. The number of carbonyl (C=O) groups is 2. The maximum atomic E-state index is 13.1. The van der Waals surface area contributed by atoms with Crippen molar-refractivity contribution in [2.75, 3.05) is 0 Å². The molecule has 2 aliphatic rings. The standard InChI is InChI=1S/C23H25NO3/c1-22(2)9-15-20(17(26)11-22)19(13-5-7-14(25)8-6-13)21-16(24-15)10-23(3,4)12-18(21)27/h5-8,25H,9-12H2,1-4H3. The summed E-state index contributed by atoms with van der Waals surface area (Å²) in [5.74, 6) is 0.268. The normalized spacial score (nSPS) is 20.1. The van der Waals surface area contributed by atoms with Crippen LogP contribution in [0.15, 0.2) is 24.3 Å². The molecule has 2 aromatic rings. The Labute approximate surface area is 159 Å². The van der Waals surface area contributed by atoms with Crippen molar-refractivity contribution in [1.29, 1.82) is 0 Å². The lowest BCUT2D eigenvalue weighted by molar-refractivity contribution is 0.0907. The molecular formula is C23H25NO3. The van der Waals surface area contributed by atoms with Crippen molar-refractivity contribution >= 4 is 11.6 Å². The molecule has 0 bridgehead atoms. The topological polar surface area (TPSA) is 67.3 Å². The van der Waals surface area contributed by atoms with Crippen LogP contribution in [0.1, 0.15) is 72.6 Å². The summed E-state index contributed by atoms with van der Waals surface area (Å²) >= 11 is 0. The van der Waals surface area contributed by atoms with E-state index < -0.39 is 0 Å². The van der Waals surface area contributed by atoms with Gasteiger partial charge in [-0.1, -0.05) is 39.8 Å². The molecule has 1 aromatic carbocycles. The summed E-state index contributed by atoms with van der Waals surface area (Å²) in [6.07, 6.45) is 2.35. The predicted molar refractivity (Wildman–Crippen MR) is 104 cm³/mol. The number of carbonyl (C=O) groups excluding carboxylic acids is 2. The van der Waals surface area contributed by atoms with Gasteiger partial charge in [0.25, 0.3) is 0 Å². The molecule has 0 atom stereocenters. The third-order valence-electron chi connectivity index (χ3n) is 5.63. The number of aromatic nitrogens is 1. The average Bonchev–Trinajstić information content (AvgIpc) is 2.51.